The SMILES string of the molecule is COC(C)(C)CNc1cnc(C(C)C)nc1C(=O)O. The highest BCUT2D eigenvalue weighted by Gasteiger charge is 2.20. The number of hydrogen-bond donors (Lipinski definition) is 2. The first-order valence-corrected chi connectivity index (χ1v) is 6.16. The molecule has 0 bridgehead atoms. The average Bonchev–Trinajstić information content (AvgIpc) is 2.36. The first-order chi connectivity index (χ1) is 8.76. The van der Waals surface area contributed by atoms with Gasteiger partial charge in [0.1, 0.15) is 5.82 Å². The lowest BCUT2D eigenvalue weighted by atomic mass is 10.1. The second-order valence-corrected chi connectivity index (χ2v) is 5.27. The van der Waals surface area contributed by atoms with Crippen LogP contribution in [-0.4, -0.2) is 40.3 Å². The van der Waals surface area contributed by atoms with Crippen LogP contribution in [0.4, 0.5) is 5.69 Å². The molecule has 1 aromatic rings. The monoisotopic (exact) mass is 267 g/mol. The smallest absolute Gasteiger partial charge is 0.356 e. The first-order valence-electron chi connectivity index (χ1n) is 6.16. The first kappa shape index (κ1) is 15.4. The molecule has 6 heteroatoms. The molecule has 0 unspecified atom stereocenters. The number of ether oxygens (including phenoxy) is 1. The van der Waals surface area contributed by atoms with Gasteiger partial charge < -0.3 is 15.2 Å². The van der Waals surface area contributed by atoms with Crippen LogP contribution in [0.1, 0.15) is 49.9 Å². The number of rotatable bonds is 6. The zero-order chi connectivity index (χ0) is 14.6. The summed E-state index contributed by atoms with van der Waals surface area (Å²) in [7, 11) is 1.61. The fourth-order valence-electron chi connectivity index (χ4n) is 1.35. The van der Waals surface area contributed by atoms with Gasteiger partial charge in [-0.25, -0.2) is 14.8 Å². The lowest BCUT2D eigenvalue weighted by molar-refractivity contribution is 0.0343. The van der Waals surface area contributed by atoms with Crippen molar-refractivity contribution in [3.63, 3.8) is 0 Å². The van der Waals surface area contributed by atoms with E-state index in [0.717, 1.165) is 0 Å². The molecule has 0 saturated heterocycles. The standard InChI is InChI=1S/C13H21N3O3/c1-8(2)11-14-6-9(10(16-11)12(17)18)15-7-13(3,4)19-5/h6,8,15H,7H2,1-5H3,(H,17,18). The van der Waals surface area contributed by atoms with E-state index < -0.39 is 11.6 Å². The molecule has 1 aromatic heterocycles. The van der Waals surface area contributed by atoms with Gasteiger partial charge in [0, 0.05) is 19.6 Å². The Balaban J connectivity index is 2.98. The normalized spacial score (nSPS) is 11.7. The van der Waals surface area contributed by atoms with Crippen molar-refractivity contribution >= 4 is 11.7 Å². The number of nitrogens with one attached hydrogen (secondary N) is 1. The predicted molar refractivity (Wildman–Crippen MR) is 72.7 cm³/mol. The van der Waals surface area contributed by atoms with Crippen LogP contribution in [0.3, 0.4) is 0 Å². The van der Waals surface area contributed by atoms with Crippen molar-refractivity contribution in [2.24, 2.45) is 0 Å². The largest absolute Gasteiger partial charge is 0.476 e. The third kappa shape index (κ3) is 4.17. The maximum atomic E-state index is 11.2. The summed E-state index contributed by atoms with van der Waals surface area (Å²) in [6.07, 6.45) is 1.51. The Bertz CT molecular complexity index is 458. The molecule has 106 valence electrons. The molecule has 0 aliphatic rings. The van der Waals surface area contributed by atoms with E-state index in [1.165, 1.54) is 6.20 Å². The van der Waals surface area contributed by atoms with E-state index in [-0.39, 0.29) is 11.6 Å². The molecule has 0 saturated carbocycles. The fraction of sp³-hybridized carbons (Fsp3) is 0.615. The Morgan fingerprint density at radius 3 is 2.63 bits per heavy atom. The molecule has 0 amide bonds. The summed E-state index contributed by atoms with van der Waals surface area (Å²) in [6.45, 7) is 8.12. The minimum Gasteiger partial charge on any atom is -0.476 e. The fourth-order valence-corrected chi connectivity index (χ4v) is 1.35. The second kappa shape index (κ2) is 5.97. The van der Waals surface area contributed by atoms with Crippen molar-refractivity contribution in [3.8, 4) is 0 Å². The third-order valence-electron chi connectivity index (χ3n) is 2.78. The summed E-state index contributed by atoms with van der Waals surface area (Å²) in [4.78, 5) is 19.5. The molecule has 0 atom stereocenters. The van der Waals surface area contributed by atoms with Gasteiger partial charge in [0.15, 0.2) is 5.69 Å². The zero-order valence-electron chi connectivity index (χ0n) is 12.0. The van der Waals surface area contributed by atoms with Crippen LogP contribution >= 0.6 is 0 Å². The second-order valence-electron chi connectivity index (χ2n) is 5.27. The van der Waals surface area contributed by atoms with E-state index in [9.17, 15) is 9.90 Å². The average molecular weight is 267 g/mol. The van der Waals surface area contributed by atoms with Gasteiger partial charge in [-0.3, -0.25) is 0 Å². The minimum atomic E-state index is -1.07. The molecule has 0 aliphatic carbocycles. The van der Waals surface area contributed by atoms with Gasteiger partial charge in [-0.05, 0) is 13.8 Å². The van der Waals surface area contributed by atoms with Crippen LogP contribution in [-0.2, 0) is 4.74 Å². The van der Waals surface area contributed by atoms with Crippen molar-refractivity contribution in [1.82, 2.24) is 9.97 Å². The summed E-state index contributed by atoms with van der Waals surface area (Å²) in [5, 5.41) is 12.2. The van der Waals surface area contributed by atoms with Crippen LogP contribution in [0.5, 0.6) is 0 Å². The van der Waals surface area contributed by atoms with Gasteiger partial charge >= 0.3 is 5.97 Å². The van der Waals surface area contributed by atoms with E-state index in [1.807, 2.05) is 27.7 Å². The molecular weight excluding hydrogens is 246 g/mol. The van der Waals surface area contributed by atoms with Gasteiger partial charge in [-0.1, -0.05) is 13.8 Å². The van der Waals surface area contributed by atoms with Crippen molar-refractivity contribution in [3.05, 3.63) is 17.7 Å². The number of nitrogens with zero attached hydrogens (tertiary/aromatic N) is 2. The van der Waals surface area contributed by atoms with Crippen LogP contribution in [0.15, 0.2) is 6.20 Å². The zero-order valence-corrected chi connectivity index (χ0v) is 12.0. The number of aromatic carboxylic acids is 1. The molecule has 0 radical (unpaired) electrons. The maximum absolute atomic E-state index is 11.2. The molecule has 1 heterocycles. The van der Waals surface area contributed by atoms with Gasteiger partial charge in [0.2, 0.25) is 0 Å². The van der Waals surface area contributed by atoms with E-state index in [0.29, 0.717) is 18.1 Å². The topological polar surface area (TPSA) is 84.3 Å². The lowest BCUT2D eigenvalue weighted by Crippen LogP contribution is -2.32. The van der Waals surface area contributed by atoms with Gasteiger partial charge in [0.25, 0.3) is 0 Å². The molecule has 1 rings (SSSR count). The van der Waals surface area contributed by atoms with Crippen molar-refractivity contribution in [2.45, 2.75) is 39.2 Å². The molecular formula is C13H21N3O3. The highest BCUT2D eigenvalue weighted by atomic mass is 16.5. The van der Waals surface area contributed by atoms with Crippen molar-refractivity contribution in [2.75, 3.05) is 19.0 Å². The molecule has 0 spiro atoms. The van der Waals surface area contributed by atoms with E-state index >= 15 is 0 Å². The van der Waals surface area contributed by atoms with E-state index in [2.05, 4.69) is 15.3 Å². The number of carbonyl (C=O) groups is 1. The van der Waals surface area contributed by atoms with Gasteiger partial charge in [-0.2, -0.15) is 0 Å². The molecule has 0 aliphatic heterocycles. The molecule has 0 fully saturated rings. The van der Waals surface area contributed by atoms with Crippen LogP contribution in [0, 0.1) is 0 Å². The van der Waals surface area contributed by atoms with Gasteiger partial charge in [0.05, 0.1) is 17.5 Å². The highest BCUT2D eigenvalue weighted by molar-refractivity contribution is 5.91. The molecule has 2 N–H and O–H groups in total. The molecule has 0 aromatic carbocycles. The number of methoxy groups -OCH3 is 1. The maximum Gasteiger partial charge on any atom is 0.356 e. The summed E-state index contributed by atoms with van der Waals surface area (Å²) >= 11 is 0. The number of aromatic nitrogens is 2. The Labute approximate surface area is 113 Å². The minimum absolute atomic E-state index is 0.00870. The van der Waals surface area contributed by atoms with E-state index in [4.69, 9.17) is 4.74 Å². The quantitative estimate of drug-likeness (QED) is 0.821. The van der Waals surface area contributed by atoms with Crippen LogP contribution < -0.4 is 5.32 Å². The molecule has 19 heavy (non-hydrogen) atoms. The van der Waals surface area contributed by atoms with Crippen molar-refractivity contribution < 1.29 is 14.6 Å². The van der Waals surface area contributed by atoms with Gasteiger partial charge in [-0.15, -0.1) is 0 Å². The molecule has 6 nitrogen and oxygen atoms in total. The Morgan fingerprint density at radius 1 is 1.53 bits per heavy atom. The third-order valence-corrected chi connectivity index (χ3v) is 2.78. The van der Waals surface area contributed by atoms with Crippen molar-refractivity contribution in [1.29, 1.82) is 0 Å². The highest BCUT2D eigenvalue weighted by Crippen LogP contribution is 2.18. The Hall–Kier alpha value is -1.69. The Kier molecular flexibility index (Phi) is 4.83. The number of carboxylic acid groups (broad SMARTS) is 1. The lowest BCUT2D eigenvalue weighted by Gasteiger charge is -2.24. The van der Waals surface area contributed by atoms with Crippen LogP contribution in [0.25, 0.3) is 0 Å². The summed E-state index contributed by atoms with van der Waals surface area (Å²) in [6, 6.07) is 0. The summed E-state index contributed by atoms with van der Waals surface area (Å²) in [5.74, 6) is -0.460. The number of anilines is 1. The number of carboxylic acids is 1. The summed E-state index contributed by atoms with van der Waals surface area (Å²) in [5.41, 5.74) is -0.000385. The Morgan fingerprint density at radius 2 is 2.16 bits per heavy atom. The van der Waals surface area contributed by atoms with Crippen LogP contribution in [0.2, 0.25) is 0 Å². The van der Waals surface area contributed by atoms with E-state index in [1.54, 1.807) is 7.11 Å². The summed E-state index contributed by atoms with van der Waals surface area (Å²) < 4.78 is 5.27. The number of hydrogen-bond acceptors (Lipinski definition) is 5. The predicted octanol–water partition coefficient (Wildman–Crippen LogP) is 2.14.